The topological polar surface area (TPSA) is 107 Å². The molecule has 156 valence electrons. The van der Waals surface area contributed by atoms with Crippen molar-refractivity contribution in [2.75, 3.05) is 20.8 Å². The molecule has 2 N–H and O–H groups in total. The number of esters is 2. The summed E-state index contributed by atoms with van der Waals surface area (Å²) in [5, 5.41) is 3.52. The molecule has 1 aromatic heterocycles. The van der Waals surface area contributed by atoms with Gasteiger partial charge in [0, 0.05) is 23.5 Å². The zero-order valence-corrected chi connectivity index (χ0v) is 16.6. The van der Waals surface area contributed by atoms with Gasteiger partial charge in [0.2, 0.25) is 0 Å². The van der Waals surface area contributed by atoms with Crippen LogP contribution in [0.4, 0.5) is 0 Å². The minimum Gasteiger partial charge on any atom is -0.497 e. The van der Waals surface area contributed by atoms with Crippen LogP contribution in [0.15, 0.2) is 54.7 Å². The van der Waals surface area contributed by atoms with Crippen molar-refractivity contribution in [1.29, 1.82) is 0 Å². The molecule has 0 bridgehead atoms. The number of fused-ring (bicyclic) bond motifs is 1. The molecule has 0 aliphatic rings. The smallest absolute Gasteiger partial charge is 0.338 e. The van der Waals surface area contributed by atoms with Gasteiger partial charge >= 0.3 is 11.9 Å². The van der Waals surface area contributed by atoms with E-state index in [0.29, 0.717) is 5.75 Å². The van der Waals surface area contributed by atoms with Crippen LogP contribution in [-0.2, 0) is 25.5 Å². The predicted octanol–water partition coefficient (Wildman–Crippen LogP) is 2.23. The third kappa shape index (κ3) is 4.96. The van der Waals surface area contributed by atoms with Crippen LogP contribution in [0, 0.1) is 0 Å². The summed E-state index contributed by atoms with van der Waals surface area (Å²) in [6.07, 6.45) is 2.02. The van der Waals surface area contributed by atoms with Crippen molar-refractivity contribution in [3.05, 3.63) is 65.9 Å². The highest BCUT2D eigenvalue weighted by Crippen LogP contribution is 2.19. The molecule has 0 fully saturated rings. The number of aromatic nitrogens is 1. The lowest BCUT2D eigenvalue weighted by molar-refractivity contribution is -0.145. The third-order valence-electron chi connectivity index (χ3n) is 4.56. The number of carbonyl (C=O) groups excluding carboxylic acids is 3. The Labute approximate surface area is 173 Å². The van der Waals surface area contributed by atoms with Crippen LogP contribution in [0.25, 0.3) is 10.9 Å². The third-order valence-corrected chi connectivity index (χ3v) is 4.56. The number of methoxy groups -OCH3 is 2. The summed E-state index contributed by atoms with van der Waals surface area (Å²) < 4.78 is 14.9. The number of carbonyl (C=O) groups is 3. The second kappa shape index (κ2) is 9.60. The normalized spacial score (nSPS) is 11.5. The second-order valence-corrected chi connectivity index (χ2v) is 6.51. The van der Waals surface area contributed by atoms with E-state index in [1.165, 1.54) is 20.3 Å². The van der Waals surface area contributed by atoms with Crippen molar-refractivity contribution in [3.8, 4) is 5.75 Å². The molecule has 0 saturated heterocycles. The molecule has 2 aromatic carbocycles. The van der Waals surface area contributed by atoms with Gasteiger partial charge in [-0.15, -0.1) is 0 Å². The Hall–Kier alpha value is -3.81. The number of benzene rings is 2. The first-order valence-electron chi connectivity index (χ1n) is 9.25. The van der Waals surface area contributed by atoms with Crippen LogP contribution in [-0.4, -0.2) is 49.7 Å². The lowest BCUT2D eigenvalue weighted by atomic mass is 10.0. The van der Waals surface area contributed by atoms with Crippen molar-refractivity contribution >= 4 is 28.7 Å². The standard InChI is InChI=1S/C22H22N2O6/c1-28-16-7-5-6-14(10-16)21(26)30-13-20(25)24-19(22(27)29-2)11-15-12-23-18-9-4-3-8-17(15)18/h3-10,12,19,23H,11,13H2,1-2H3,(H,24,25)/t19-/m1/s1. The van der Waals surface area contributed by atoms with Gasteiger partial charge in [0.25, 0.3) is 5.91 Å². The lowest BCUT2D eigenvalue weighted by Gasteiger charge is -2.16. The molecule has 3 aromatic rings. The van der Waals surface area contributed by atoms with Crippen LogP contribution < -0.4 is 10.1 Å². The average Bonchev–Trinajstić information content (AvgIpc) is 3.19. The van der Waals surface area contributed by atoms with Crippen molar-refractivity contribution in [1.82, 2.24) is 10.3 Å². The summed E-state index contributed by atoms with van der Waals surface area (Å²) in [6, 6.07) is 13.1. The Morgan fingerprint density at radius 2 is 1.87 bits per heavy atom. The van der Waals surface area contributed by atoms with E-state index in [4.69, 9.17) is 14.2 Å². The molecule has 0 spiro atoms. The number of amides is 1. The Bertz CT molecular complexity index is 1060. The minimum atomic E-state index is -0.919. The number of nitrogens with one attached hydrogen (secondary N) is 2. The van der Waals surface area contributed by atoms with Crippen LogP contribution in [0.2, 0.25) is 0 Å². The van der Waals surface area contributed by atoms with Gasteiger partial charge in [-0.05, 0) is 29.8 Å². The fourth-order valence-corrected chi connectivity index (χ4v) is 3.06. The largest absolute Gasteiger partial charge is 0.497 e. The zero-order valence-electron chi connectivity index (χ0n) is 16.6. The molecular formula is C22H22N2O6. The second-order valence-electron chi connectivity index (χ2n) is 6.51. The lowest BCUT2D eigenvalue weighted by Crippen LogP contribution is -2.44. The summed E-state index contributed by atoms with van der Waals surface area (Å²) in [7, 11) is 2.73. The molecule has 0 aliphatic carbocycles. The Balaban J connectivity index is 1.62. The van der Waals surface area contributed by atoms with Crippen LogP contribution in [0.1, 0.15) is 15.9 Å². The van der Waals surface area contributed by atoms with Crippen LogP contribution in [0.5, 0.6) is 5.75 Å². The highest BCUT2D eigenvalue weighted by molar-refractivity contribution is 5.92. The Morgan fingerprint density at radius 1 is 1.07 bits per heavy atom. The maximum absolute atomic E-state index is 12.3. The number of hydrogen-bond acceptors (Lipinski definition) is 6. The maximum atomic E-state index is 12.3. The molecule has 0 saturated carbocycles. The monoisotopic (exact) mass is 410 g/mol. The summed E-state index contributed by atoms with van der Waals surface area (Å²) >= 11 is 0. The molecule has 3 rings (SSSR count). The van der Waals surface area contributed by atoms with E-state index >= 15 is 0 Å². The molecule has 0 unspecified atom stereocenters. The van der Waals surface area contributed by atoms with Crippen LogP contribution >= 0.6 is 0 Å². The Morgan fingerprint density at radius 3 is 2.63 bits per heavy atom. The summed E-state index contributed by atoms with van der Waals surface area (Å²) in [5.74, 6) is -1.37. The van der Waals surface area contributed by atoms with E-state index in [1.54, 1.807) is 24.4 Å². The molecule has 1 heterocycles. The van der Waals surface area contributed by atoms with E-state index < -0.39 is 30.5 Å². The predicted molar refractivity (Wildman–Crippen MR) is 109 cm³/mol. The average molecular weight is 410 g/mol. The van der Waals surface area contributed by atoms with E-state index in [-0.39, 0.29) is 12.0 Å². The van der Waals surface area contributed by atoms with Crippen molar-refractivity contribution in [2.24, 2.45) is 0 Å². The molecule has 8 nitrogen and oxygen atoms in total. The maximum Gasteiger partial charge on any atom is 0.338 e. The number of hydrogen-bond donors (Lipinski definition) is 2. The summed E-state index contributed by atoms with van der Waals surface area (Å²) in [5.41, 5.74) is 2.04. The van der Waals surface area contributed by atoms with Gasteiger partial charge in [-0.2, -0.15) is 0 Å². The molecule has 0 radical (unpaired) electrons. The summed E-state index contributed by atoms with van der Waals surface area (Å²) in [6.45, 7) is -0.530. The first-order chi connectivity index (χ1) is 14.5. The molecular weight excluding hydrogens is 388 g/mol. The van der Waals surface area contributed by atoms with Gasteiger partial charge < -0.3 is 24.5 Å². The van der Waals surface area contributed by atoms with Crippen molar-refractivity contribution < 1.29 is 28.6 Å². The number of ether oxygens (including phenoxy) is 3. The molecule has 1 atom stereocenters. The molecule has 0 aliphatic heterocycles. The van der Waals surface area contributed by atoms with Gasteiger partial charge in [0.15, 0.2) is 6.61 Å². The van der Waals surface area contributed by atoms with Crippen molar-refractivity contribution in [2.45, 2.75) is 12.5 Å². The van der Waals surface area contributed by atoms with Crippen molar-refractivity contribution in [3.63, 3.8) is 0 Å². The van der Waals surface area contributed by atoms with Gasteiger partial charge in [-0.3, -0.25) is 4.79 Å². The molecule has 1 amide bonds. The van der Waals surface area contributed by atoms with E-state index in [1.807, 2.05) is 24.3 Å². The van der Waals surface area contributed by atoms with Crippen LogP contribution in [0.3, 0.4) is 0 Å². The summed E-state index contributed by atoms with van der Waals surface area (Å²) in [4.78, 5) is 39.7. The van der Waals surface area contributed by atoms with Gasteiger partial charge in [0.1, 0.15) is 11.8 Å². The first-order valence-corrected chi connectivity index (χ1v) is 9.25. The fraction of sp³-hybridized carbons (Fsp3) is 0.227. The van der Waals surface area contributed by atoms with Gasteiger partial charge in [-0.25, -0.2) is 9.59 Å². The molecule has 30 heavy (non-hydrogen) atoms. The van der Waals surface area contributed by atoms with E-state index in [9.17, 15) is 14.4 Å². The number of aromatic amines is 1. The first kappa shape index (κ1) is 20.9. The molecule has 8 heteroatoms. The quantitative estimate of drug-likeness (QED) is 0.552. The number of rotatable bonds is 8. The van der Waals surface area contributed by atoms with Gasteiger partial charge in [0.05, 0.1) is 19.8 Å². The Kier molecular flexibility index (Phi) is 6.69. The van der Waals surface area contributed by atoms with Gasteiger partial charge in [-0.1, -0.05) is 24.3 Å². The SMILES string of the molecule is COC(=O)[C@@H](Cc1c[nH]c2ccccc12)NC(=O)COC(=O)c1cccc(OC)c1. The van der Waals surface area contributed by atoms with E-state index in [0.717, 1.165) is 16.5 Å². The number of H-pyrrole nitrogens is 1. The fourth-order valence-electron chi connectivity index (χ4n) is 3.06. The highest BCUT2D eigenvalue weighted by Gasteiger charge is 2.24. The zero-order chi connectivity index (χ0) is 21.5. The number of para-hydroxylation sites is 1. The highest BCUT2D eigenvalue weighted by atomic mass is 16.5. The minimum absolute atomic E-state index is 0.228. The van der Waals surface area contributed by atoms with E-state index in [2.05, 4.69) is 10.3 Å².